The molecule has 170 valence electrons. The summed E-state index contributed by atoms with van der Waals surface area (Å²) in [5.41, 5.74) is 7.47. The van der Waals surface area contributed by atoms with Gasteiger partial charge < -0.3 is 30.1 Å². The summed E-state index contributed by atoms with van der Waals surface area (Å²) in [5.74, 6) is 1.01. The summed E-state index contributed by atoms with van der Waals surface area (Å²) in [6, 6.07) is 7.13. The number of hydrogen-bond donors (Lipinski definition) is 2. The second-order valence-electron chi connectivity index (χ2n) is 8.33. The highest BCUT2D eigenvalue weighted by Crippen LogP contribution is 2.37. The Morgan fingerprint density at radius 3 is 2.53 bits per heavy atom. The number of amides is 1. The monoisotopic (exact) mass is 476 g/mol. The minimum atomic E-state index is -1.23. The van der Waals surface area contributed by atoms with Crippen LogP contribution in [-0.4, -0.2) is 76.2 Å². The number of nitrogens with zero attached hydrogens (tertiary/aromatic N) is 5. The molecule has 5 rings (SSSR count). The van der Waals surface area contributed by atoms with Gasteiger partial charge in [-0.15, -0.1) is 0 Å². The molecule has 2 aromatic rings. The number of nitrogens with two attached hydrogens (primary N) is 1. The van der Waals surface area contributed by atoms with Crippen molar-refractivity contribution < 1.29 is 14.5 Å². The van der Waals surface area contributed by atoms with Crippen molar-refractivity contribution in [3.8, 4) is 0 Å². The third kappa shape index (κ3) is 3.96. The summed E-state index contributed by atoms with van der Waals surface area (Å²) < 4.78 is 12.7. The first-order valence-corrected chi connectivity index (χ1v) is 12.4. The largest absolute Gasteiger partial charge is 0.611 e. The number of aryl methyl sites for hydroxylation is 1. The molecule has 1 amide bonds. The van der Waals surface area contributed by atoms with Crippen molar-refractivity contribution in [2.24, 2.45) is 5.73 Å². The number of hydrogen-bond acceptors (Lipinski definition) is 8. The number of β-amino-alcohol motifs (C(OH)–C–C–N with tert-alkyl or cyclic N) is 1. The Hall–Kier alpha value is -2.27. The standard InChI is InChI=1S/C21H25ClN6O3S/c22-13-1-3-14(4-2-13)26-6-8-27(9-7-26)21-24-16-5-10-32(31)18(16)20(25-21)28-12-15(29)11-17(28)19(23)30/h1-4,15,17,29H,5-12H2,(H2,23,30)/t15-,17+,32?/m1/s1. The van der Waals surface area contributed by atoms with E-state index in [1.165, 1.54) is 0 Å². The highest BCUT2D eigenvalue weighted by atomic mass is 35.5. The molecule has 1 aromatic carbocycles. The van der Waals surface area contributed by atoms with E-state index in [0.29, 0.717) is 33.9 Å². The van der Waals surface area contributed by atoms with Gasteiger partial charge in [0.05, 0.1) is 6.10 Å². The molecule has 0 bridgehead atoms. The molecule has 1 unspecified atom stereocenters. The number of carbonyl (C=O) groups is 1. The molecule has 0 spiro atoms. The number of anilines is 3. The van der Waals surface area contributed by atoms with Crippen LogP contribution in [-0.2, 0) is 22.4 Å². The van der Waals surface area contributed by atoms with Gasteiger partial charge >= 0.3 is 0 Å². The number of halogens is 1. The number of carbonyl (C=O) groups excluding carboxylic acids is 1. The molecule has 3 aliphatic heterocycles. The molecule has 9 nitrogen and oxygen atoms in total. The highest BCUT2D eigenvalue weighted by molar-refractivity contribution is 7.91. The number of primary amides is 1. The fourth-order valence-corrected chi connectivity index (χ4v) is 6.12. The van der Waals surface area contributed by atoms with Crippen LogP contribution in [0.4, 0.5) is 17.5 Å². The van der Waals surface area contributed by atoms with Gasteiger partial charge in [0.15, 0.2) is 5.82 Å². The smallest absolute Gasteiger partial charge is 0.240 e. The van der Waals surface area contributed by atoms with Gasteiger partial charge in [-0.05, 0) is 35.4 Å². The number of fused-ring (bicyclic) bond motifs is 1. The molecular weight excluding hydrogens is 452 g/mol. The molecule has 3 atom stereocenters. The van der Waals surface area contributed by atoms with Crippen molar-refractivity contribution in [1.82, 2.24) is 9.97 Å². The Labute approximate surface area is 194 Å². The quantitative estimate of drug-likeness (QED) is 0.613. The van der Waals surface area contributed by atoms with Gasteiger partial charge in [0, 0.05) is 56.3 Å². The van der Waals surface area contributed by atoms with Gasteiger partial charge in [-0.3, -0.25) is 4.79 Å². The minimum Gasteiger partial charge on any atom is -0.611 e. The zero-order valence-corrected chi connectivity index (χ0v) is 19.1. The molecular formula is C21H25ClN6O3S. The predicted octanol–water partition coefficient (Wildman–Crippen LogP) is 0.545. The number of aliphatic hydroxyl groups excluding tert-OH is 1. The van der Waals surface area contributed by atoms with E-state index in [2.05, 4.69) is 9.80 Å². The average Bonchev–Trinajstić information content (AvgIpc) is 3.37. The SMILES string of the molecule is NC(=O)[C@@H]1C[C@@H](O)CN1c1nc(N2CCN(c3ccc(Cl)cc3)CC2)nc2c1[S+]([O-])CC2. The summed E-state index contributed by atoms with van der Waals surface area (Å²) in [5, 5.41) is 10.9. The third-order valence-electron chi connectivity index (χ3n) is 6.29. The van der Waals surface area contributed by atoms with Gasteiger partial charge in [0.1, 0.15) is 17.5 Å². The third-order valence-corrected chi connectivity index (χ3v) is 7.99. The lowest BCUT2D eigenvalue weighted by atomic mass is 10.2. The topological polar surface area (TPSA) is 122 Å². The van der Waals surface area contributed by atoms with Crippen molar-refractivity contribution in [2.45, 2.75) is 29.9 Å². The summed E-state index contributed by atoms with van der Waals surface area (Å²) in [7, 11) is 0. The van der Waals surface area contributed by atoms with Gasteiger partial charge in [-0.2, -0.15) is 4.98 Å². The van der Waals surface area contributed by atoms with Crippen LogP contribution in [0.1, 0.15) is 12.1 Å². The van der Waals surface area contributed by atoms with E-state index < -0.39 is 29.2 Å². The first kappa shape index (κ1) is 21.6. The second kappa shape index (κ2) is 8.58. The molecule has 3 aliphatic rings. The molecule has 0 aliphatic carbocycles. The summed E-state index contributed by atoms with van der Waals surface area (Å²) >= 11 is 4.78. The summed E-state index contributed by atoms with van der Waals surface area (Å²) in [6.45, 7) is 3.29. The molecule has 3 N–H and O–H groups in total. The number of aromatic nitrogens is 2. The van der Waals surface area contributed by atoms with E-state index in [-0.39, 0.29) is 13.0 Å². The Balaban J connectivity index is 1.42. The fraction of sp³-hybridized carbons (Fsp3) is 0.476. The number of piperazine rings is 1. The Kier molecular flexibility index (Phi) is 5.79. The van der Waals surface area contributed by atoms with Crippen LogP contribution in [0.15, 0.2) is 29.2 Å². The molecule has 4 heterocycles. The normalized spacial score (nSPS) is 25.3. The van der Waals surface area contributed by atoms with Crippen molar-refractivity contribution in [3.05, 3.63) is 35.0 Å². The first-order chi connectivity index (χ1) is 15.4. The van der Waals surface area contributed by atoms with E-state index in [9.17, 15) is 14.5 Å². The van der Waals surface area contributed by atoms with Crippen LogP contribution < -0.4 is 20.4 Å². The van der Waals surface area contributed by atoms with Crippen molar-refractivity contribution in [2.75, 3.05) is 53.2 Å². The minimum absolute atomic E-state index is 0.234. The van der Waals surface area contributed by atoms with E-state index in [1.54, 1.807) is 4.90 Å². The van der Waals surface area contributed by atoms with E-state index >= 15 is 0 Å². The molecule has 0 radical (unpaired) electrons. The fourth-order valence-electron chi connectivity index (χ4n) is 4.64. The zero-order valence-electron chi connectivity index (χ0n) is 17.5. The molecule has 0 saturated carbocycles. The van der Waals surface area contributed by atoms with Crippen molar-refractivity contribution in [1.29, 1.82) is 0 Å². The average molecular weight is 477 g/mol. The lowest BCUT2D eigenvalue weighted by Gasteiger charge is -2.36. The van der Waals surface area contributed by atoms with Crippen molar-refractivity contribution in [3.63, 3.8) is 0 Å². The predicted molar refractivity (Wildman–Crippen MR) is 124 cm³/mol. The van der Waals surface area contributed by atoms with Gasteiger partial charge in [0.25, 0.3) is 0 Å². The highest BCUT2D eigenvalue weighted by Gasteiger charge is 2.42. The van der Waals surface area contributed by atoms with Crippen LogP contribution in [0.5, 0.6) is 0 Å². The van der Waals surface area contributed by atoms with Gasteiger partial charge in [-0.25, -0.2) is 4.98 Å². The maximum absolute atomic E-state index is 12.7. The lowest BCUT2D eigenvalue weighted by Crippen LogP contribution is -2.47. The molecule has 32 heavy (non-hydrogen) atoms. The Bertz CT molecular complexity index is 1020. The summed E-state index contributed by atoms with van der Waals surface area (Å²) in [4.78, 5) is 28.2. The summed E-state index contributed by atoms with van der Waals surface area (Å²) in [6.07, 6.45) is 0.169. The Morgan fingerprint density at radius 1 is 1.16 bits per heavy atom. The first-order valence-electron chi connectivity index (χ1n) is 10.7. The number of rotatable bonds is 4. The maximum Gasteiger partial charge on any atom is 0.240 e. The van der Waals surface area contributed by atoms with Crippen LogP contribution in [0.25, 0.3) is 0 Å². The van der Waals surface area contributed by atoms with Crippen molar-refractivity contribution >= 4 is 46.1 Å². The molecule has 2 saturated heterocycles. The molecule has 11 heteroatoms. The van der Waals surface area contributed by atoms with Gasteiger partial charge in [-0.1, -0.05) is 11.6 Å². The molecule has 1 aromatic heterocycles. The van der Waals surface area contributed by atoms with Crippen LogP contribution in [0.3, 0.4) is 0 Å². The van der Waals surface area contributed by atoms with Crippen LogP contribution >= 0.6 is 11.6 Å². The van der Waals surface area contributed by atoms with Gasteiger partial charge in [0.2, 0.25) is 16.8 Å². The van der Waals surface area contributed by atoms with Crippen LogP contribution in [0, 0.1) is 0 Å². The second-order valence-corrected chi connectivity index (χ2v) is 10.3. The lowest BCUT2D eigenvalue weighted by molar-refractivity contribution is -0.119. The van der Waals surface area contributed by atoms with Crippen LogP contribution in [0.2, 0.25) is 5.02 Å². The van der Waals surface area contributed by atoms with E-state index in [1.807, 2.05) is 24.3 Å². The Morgan fingerprint density at radius 2 is 1.84 bits per heavy atom. The maximum atomic E-state index is 12.7. The van der Waals surface area contributed by atoms with E-state index in [4.69, 9.17) is 27.3 Å². The molecule has 2 fully saturated rings. The zero-order chi connectivity index (χ0) is 22.4. The number of benzene rings is 1. The van der Waals surface area contributed by atoms with E-state index in [0.717, 1.165) is 37.6 Å². The number of aliphatic hydroxyl groups is 1.